The maximum Gasteiger partial charge on any atom is 0.256 e. The van der Waals surface area contributed by atoms with Gasteiger partial charge in [0.25, 0.3) is 5.56 Å². The molecule has 0 amide bonds. The number of nitrogens with zero attached hydrogens (tertiary/aromatic N) is 3. The number of aryl methyl sites for hydroxylation is 1. The number of β-amino-alcohol motifs (C(OH)–C–C–N with tert-alkyl or cyclic N) is 1. The molecule has 2 aliphatic heterocycles. The van der Waals surface area contributed by atoms with Gasteiger partial charge in [0, 0.05) is 24.3 Å². The number of piperidine rings is 1. The fourth-order valence-corrected chi connectivity index (χ4v) is 3.60. The lowest BCUT2D eigenvalue weighted by Gasteiger charge is -2.37. The summed E-state index contributed by atoms with van der Waals surface area (Å²) < 4.78 is 12.6. The fraction of sp³-hybridized carbons (Fsp3) is 0.778. The number of aromatic nitrogens is 2. The Morgan fingerprint density at radius 3 is 2.52 bits per heavy atom. The van der Waals surface area contributed by atoms with Crippen molar-refractivity contribution in [3.05, 3.63) is 27.9 Å². The maximum absolute atomic E-state index is 12.3. The van der Waals surface area contributed by atoms with Crippen LogP contribution >= 0.6 is 0 Å². The molecule has 140 valence electrons. The van der Waals surface area contributed by atoms with Gasteiger partial charge in [0.05, 0.1) is 32.8 Å². The first-order valence-electron chi connectivity index (χ1n) is 9.10. The average molecular weight is 351 g/mol. The highest BCUT2D eigenvalue weighted by atomic mass is 16.6. The van der Waals surface area contributed by atoms with Crippen LogP contribution in [0.5, 0.6) is 0 Å². The lowest BCUT2D eigenvalue weighted by Crippen LogP contribution is -2.51. The minimum atomic E-state index is -0.918. The van der Waals surface area contributed by atoms with Crippen molar-refractivity contribution < 1.29 is 14.6 Å². The van der Waals surface area contributed by atoms with Gasteiger partial charge in [-0.1, -0.05) is 0 Å². The summed E-state index contributed by atoms with van der Waals surface area (Å²) in [4.78, 5) is 18.9. The summed E-state index contributed by atoms with van der Waals surface area (Å²) >= 11 is 0. The second-order valence-electron chi connectivity index (χ2n) is 7.46. The molecule has 0 bridgehead atoms. The quantitative estimate of drug-likeness (QED) is 0.844. The number of hydrogen-bond acceptors (Lipinski definition) is 6. The molecule has 1 N–H and O–H groups in total. The predicted octanol–water partition coefficient (Wildman–Crippen LogP) is 0.350. The van der Waals surface area contributed by atoms with Crippen molar-refractivity contribution in [3.63, 3.8) is 0 Å². The first kappa shape index (κ1) is 18.5. The van der Waals surface area contributed by atoms with Crippen LogP contribution in [0.3, 0.4) is 0 Å². The van der Waals surface area contributed by atoms with Crippen LogP contribution in [-0.4, -0.2) is 71.2 Å². The van der Waals surface area contributed by atoms with Crippen LogP contribution in [0, 0.1) is 19.8 Å². The van der Waals surface area contributed by atoms with E-state index in [1.807, 2.05) is 13.8 Å². The normalized spacial score (nSPS) is 22.7. The Labute approximate surface area is 148 Å². The minimum absolute atomic E-state index is 0.0667. The zero-order chi connectivity index (χ0) is 17.9. The summed E-state index contributed by atoms with van der Waals surface area (Å²) in [6.45, 7) is 8.58. The molecule has 7 nitrogen and oxygen atoms in total. The van der Waals surface area contributed by atoms with E-state index in [1.165, 1.54) is 0 Å². The summed E-state index contributed by atoms with van der Waals surface area (Å²) in [5, 5.41) is 10.7. The highest BCUT2D eigenvalue weighted by Crippen LogP contribution is 2.21. The van der Waals surface area contributed by atoms with Crippen molar-refractivity contribution in [2.45, 2.75) is 38.8 Å². The monoisotopic (exact) mass is 351 g/mol. The molecule has 2 aliphatic rings. The molecule has 0 saturated carbocycles. The van der Waals surface area contributed by atoms with E-state index >= 15 is 0 Å². The fourth-order valence-electron chi connectivity index (χ4n) is 3.60. The topological polar surface area (TPSA) is 76.8 Å². The highest BCUT2D eigenvalue weighted by Gasteiger charge is 2.33. The molecule has 7 heteroatoms. The summed E-state index contributed by atoms with van der Waals surface area (Å²) in [5.74, 6) is 0.467. The third kappa shape index (κ3) is 4.67. The van der Waals surface area contributed by atoms with Crippen LogP contribution in [0.25, 0.3) is 0 Å². The van der Waals surface area contributed by atoms with Crippen LogP contribution in [0.1, 0.15) is 24.1 Å². The molecule has 3 heterocycles. The molecular formula is C18H29N3O4. The Morgan fingerprint density at radius 2 is 1.88 bits per heavy atom. The van der Waals surface area contributed by atoms with Gasteiger partial charge in [-0.05, 0) is 45.7 Å². The lowest BCUT2D eigenvalue weighted by atomic mass is 9.95. The number of ether oxygens (including phenoxy) is 2. The molecule has 1 aromatic rings. The summed E-state index contributed by atoms with van der Waals surface area (Å²) in [6.07, 6.45) is 3.69. The maximum atomic E-state index is 12.3. The van der Waals surface area contributed by atoms with Gasteiger partial charge < -0.3 is 19.5 Å². The van der Waals surface area contributed by atoms with E-state index in [2.05, 4.69) is 9.88 Å². The summed E-state index contributed by atoms with van der Waals surface area (Å²) in [6, 6.07) is 0. The molecule has 2 fully saturated rings. The number of likely N-dealkylation sites (tertiary alicyclic amines) is 1. The molecule has 0 spiro atoms. The number of aliphatic hydroxyl groups is 1. The van der Waals surface area contributed by atoms with Crippen molar-refractivity contribution in [2.24, 2.45) is 5.92 Å². The van der Waals surface area contributed by atoms with E-state index in [0.717, 1.165) is 43.7 Å². The van der Waals surface area contributed by atoms with E-state index < -0.39 is 5.60 Å². The van der Waals surface area contributed by atoms with Gasteiger partial charge in [-0.25, -0.2) is 4.98 Å². The van der Waals surface area contributed by atoms with Crippen LogP contribution in [0.4, 0.5) is 0 Å². The zero-order valence-corrected chi connectivity index (χ0v) is 15.2. The molecule has 0 unspecified atom stereocenters. The Kier molecular flexibility index (Phi) is 5.89. The van der Waals surface area contributed by atoms with Crippen molar-refractivity contribution in [1.82, 2.24) is 14.5 Å². The Bertz CT molecular complexity index is 630. The molecular weight excluding hydrogens is 322 g/mol. The Morgan fingerprint density at radius 1 is 1.24 bits per heavy atom. The van der Waals surface area contributed by atoms with E-state index in [4.69, 9.17) is 9.47 Å². The largest absolute Gasteiger partial charge is 0.384 e. The Hall–Kier alpha value is -1.28. The lowest BCUT2D eigenvalue weighted by molar-refractivity contribution is -0.0780. The molecule has 0 aliphatic carbocycles. The van der Waals surface area contributed by atoms with Crippen molar-refractivity contribution >= 4 is 0 Å². The first-order chi connectivity index (χ1) is 12.0. The first-order valence-corrected chi connectivity index (χ1v) is 9.10. The highest BCUT2D eigenvalue weighted by molar-refractivity contribution is 5.12. The van der Waals surface area contributed by atoms with Gasteiger partial charge in [0.15, 0.2) is 0 Å². The standard InChI is InChI=1S/C18H29N3O4/c1-14-15(2)19-13-21(17(14)22)9-16-3-5-20(6-4-16)10-18(23)11-24-7-8-25-12-18/h13,16,23H,3-12H2,1-2H3. The number of hydrogen-bond donors (Lipinski definition) is 1. The van der Waals surface area contributed by atoms with Gasteiger partial charge in [-0.2, -0.15) is 0 Å². The molecule has 3 rings (SSSR count). The zero-order valence-electron chi connectivity index (χ0n) is 15.2. The van der Waals surface area contributed by atoms with Crippen LogP contribution in [0.15, 0.2) is 11.1 Å². The van der Waals surface area contributed by atoms with Crippen LogP contribution < -0.4 is 5.56 Å². The molecule has 1 aromatic heterocycles. The minimum Gasteiger partial charge on any atom is -0.384 e. The molecule has 0 radical (unpaired) electrons. The number of rotatable bonds is 4. The SMILES string of the molecule is Cc1ncn(CC2CCN(CC3(O)COCCOC3)CC2)c(=O)c1C. The Balaban J connectivity index is 1.52. The van der Waals surface area contributed by atoms with Gasteiger partial charge in [0.1, 0.15) is 5.60 Å². The predicted molar refractivity (Wildman–Crippen MR) is 93.7 cm³/mol. The molecule has 0 aromatic carbocycles. The second kappa shape index (κ2) is 7.95. The van der Waals surface area contributed by atoms with Crippen LogP contribution in [0.2, 0.25) is 0 Å². The molecule has 2 saturated heterocycles. The molecule has 25 heavy (non-hydrogen) atoms. The van der Waals surface area contributed by atoms with Crippen LogP contribution in [-0.2, 0) is 16.0 Å². The third-order valence-corrected chi connectivity index (χ3v) is 5.31. The van der Waals surface area contributed by atoms with Crippen molar-refractivity contribution in [3.8, 4) is 0 Å². The van der Waals surface area contributed by atoms with Crippen molar-refractivity contribution in [1.29, 1.82) is 0 Å². The summed E-state index contributed by atoms with van der Waals surface area (Å²) in [7, 11) is 0. The van der Waals surface area contributed by atoms with Gasteiger partial charge in [-0.15, -0.1) is 0 Å². The molecule has 0 atom stereocenters. The van der Waals surface area contributed by atoms with Gasteiger partial charge in [-0.3, -0.25) is 9.36 Å². The van der Waals surface area contributed by atoms with Crippen molar-refractivity contribution in [2.75, 3.05) is 46.1 Å². The van der Waals surface area contributed by atoms with E-state index in [-0.39, 0.29) is 5.56 Å². The second-order valence-corrected chi connectivity index (χ2v) is 7.46. The van der Waals surface area contributed by atoms with Gasteiger partial charge in [0.2, 0.25) is 0 Å². The van der Waals surface area contributed by atoms with E-state index in [1.54, 1.807) is 10.9 Å². The van der Waals surface area contributed by atoms with E-state index in [9.17, 15) is 9.90 Å². The van der Waals surface area contributed by atoms with Gasteiger partial charge >= 0.3 is 0 Å². The third-order valence-electron chi connectivity index (χ3n) is 5.31. The smallest absolute Gasteiger partial charge is 0.256 e. The van der Waals surface area contributed by atoms with E-state index in [0.29, 0.717) is 38.9 Å². The average Bonchev–Trinajstić information content (AvgIpc) is 2.81. The summed E-state index contributed by atoms with van der Waals surface area (Å²) in [5.41, 5.74) is 0.683.